The monoisotopic (exact) mass is 269 g/mol. The van der Waals surface area contributed by atoms with Gasteiger partial charge in [-0.15, -0.1) is 0 Å². The van der Waals surface area contributed by atoms with E-state index in [-0.39, 0.29) is 18.3 Å². The van der Waals surface area contributed by atoms with Crippen LogP contribution < -0.4 is 10.1 Å². The minimum absolute atomic E-state index is 0.00390. The van der Waals surface area contributed by atoms with E-state index in [1.807, 2.05) is 6.07 Å². The van der Waals surface area contributed by atoms with Crippen LogP contribution in [0.3, 0.4) is 0 Å². The molecule has 0 radical (unpaired) electrons. The summed E-state index contributed by atoms with van der Waals surface area (Å²) >= 11 is 0. The molecule has 1 aliphatic rings. The van der Waals surface area contributed by atoms with Gasteiger partial charge in [0.15, 0.2) is 9.84 Å². The number of hydrogen-bond acceptors (Lipinski definition) is 4. The summed E-state index contributed by atoms with van der Waals surface area (Å²) in [5, 5.41) is 2.77. The second-order valence-corrected chi connectivity index (χ2v) is 6.61. The van der Waals surface area contributed by atoms with Crippen LogP contribution in [0, 0.1) is 0 Å². The molecule has 18 heavy (non-hydrogen) atoms. The van der Waals surface area contributed by atoms with Crippen LogP contribution in [0.4, 0.5) is 5.69 Å². The van der Waals surface area contributed by atoms with E-state index in [2.05, 4.69) is 5.32 Å². The first-order valence-electron chi connectivity index (χ1n) is 5.67. The summed E-state index contributed by atoms with van der Waals surface area (Å²) in [6.07, 6.45) is 2.40. The van der Waals surface area contributed by atoms with Crippen LogP contribution in [-0.2, 0) is 21.1 Å². The van der Waals surface area contributed by atoms with Gasteiger partial charge in [0.05, 0.1) is 5.75 Å². The predicted molar refractivity (Wildman–Crippen MR) is 68.6 cm³/mol. The van der Waals surface area contributed by atoms with Crippen molar-refractivity contribution in [1.82, 2.24) is 0 Å². The van der Waals surface area contributed by atoms with Gasteiger partial charge in [-0.05, 0) is 18.1 Å². The van der Waals surface area contributed by atoms with Gasteiger partial charge in [-0.25, -0.2) is 8.42 Å². The van der Waals surface area contributed by atoms with Crippen molar-refractivity contribution in [3.05, 3.63) is 23.8 Å². The molecule has 0 spiro atoms. The Morgan fingerprint density at radius 3 is 2.83 bits per heavy atom. The maximum Gasteiger partial charge on any atom is 0.224 e. The van der Waals surface area contributed by atoms with Crippen molar-refractivity contribution in [3.63, 3.8) is 0 Å². The molecule has 0 aliphatic carbocycles. The first-order valence-corrected chi connectivity index (χ1v) is 7.73. The average molecular weight is 269 g/mol. The Bertz CT molecular complexity index is 565. The average Bonchev–Trinajstić information content (AvgIpc) is 2.26. The molecule has 0 fully saturated rings. The zero-order valence-corrected chi connectivity index (χ0v) is 10.9. The number of carbonyl (C=O) groups is 1. The SMILES string of the molecule is CS(=O)(=O)CCOc1ccc2c(c1)NC(=O)CC2. The second-order valence-electron chi connectivity index (χ2n) is 4.35. The molecule has 0 saturated heterocycles. The number of sulfone groups is 1. The Hall–Kier alpha value is -1.56. The Kier molecular flexibility index (Phi) is 3.56. The number of rotatable bonds is 4. The first kappa shape index (κ1) is 12.9. The minimum Gasteiger partial charge on any atom is -0.492 e. The normalized spacial score (nSPS) is 14.8. The van der Waals surface area contributed by atoms with Crippen LogP contribution in [0.2, 0.25) is 0 Å². The molecule has 1 aliphatic heterocycles. The van der Waals surface area contributed by atoms with Crippen LogP contribution in [0.1, 0.15) is 12.0 Å². The third kappa shape index (κ3) is 3.46. The third-order valence-electron chi connectivity index (χ3n) is 2.70. The quantitative estimate of drug-likeness (QED) is 0.885. The highest BCUT2D eigenvalue weighted by molar-refractivity contribution is 7.90. The topological polar surface area (TPSA) is 72.5 Å². The van der Waals surface area contributed by atoms with E-state index in [0.717, 1.165) is 17.7 Å². The lowest BCUT2D eigenvalue weighted by atomic mass is 10.0. The fourth-order valence-electron chi connectivity index (χ4n) is 1.75. The molecule has 1 heterocycles. The van der Waals surface area contributed by atoms with E-state index in [0.29, 0.717) is 12.2 Å². The number of hydrogen-bond donors (Lipinski definition) is 1. The summed E-state index contributed by atoms with van der Waals surface area (Å²) < 4.78 is 27.3. The Morgan fingerprint density at radius 1 is 1.33 bits per heavy atom. The van der Waals surface area contributed by atoms with Crippen LogP contribution >= 0.6 is 0 Å². The van der Waals surface area contributed by atoms with Crippen molar-refractivity contribution in [2.45, 2.75) is 12.8 Å². The first-order chi connectivity index (χ1) is 8.44. The van der Waals surface area contributed by atoms with Crippen LogP contribution in [-0.4, -0.2) is 32.9 Å². The number of ether oxygens (including phenoxy) is 1. The number of carbonyl (C=O) groups excluding carboxylic acids is 1. The lowest BCUT2D eigenvalue weighted by molar-refractivity contribution is -0.116. The maximum absolute atomic E-state index is 11.3. The molecule has 0 aromatic heterocycles. The zero-order chi connectivity index (χ0) is 13.2. The summed E-state index contributed by atoms with van der Waals surface area (Å²) in [5.74, 6) is 0.548. The summed E-state index contributed by atoms with van der Waals surface area (Å²) in [7, 11) is -3.02. The van der Waals surface area contributed by atoms with Crippen molar-refractivity contribution in [1.29, 1.82) is 0 Å². The lowest BCUT2D eigenvalue weighted by Gasteiger charge is -2.17. The molecule has 0 unspecified atom stereocenters. The van der Waals surface area contributed by atoms with Crippen molar-refractivity contribution in [3.8, 4) is 5.75 Å². The highest BCUT2D eigenvalue weighted by Crippen LogP contribution is 2.26. The third-order valence-corrected chi connectivity index (χ3v) is 3.61. The molecule has 98 valence electrons. The van der Waals surface area contributed by atoms with Gasteiger partial charge >= 0.3 is 0 Å². The fourth-order valence-corrected chi connectivity index (χ4v) is 2.14. The molecular weight excluding hydrogens is 254 g/mol. The molecule has 1 aromatic rings. The molecule has 2 rings (SSSR count). The van der Waals surface area contributed by atoms with E-state index in [9.17, 15) is 13.2 Å². The van der Waals surface area contributed by atoms with Gasteiger partial charge in [0, 0.05) is 24.4 Å². The number of nitrogens with one attached hydrogen (secondary N) is 1. The molecule has 1 amide bonds. The highest BCUT2D eigenvalue weighted by Gasteiger charge is 2.15. The molecule has 1 aromatic carbocycles. The smallest absolute Gasteiger partial charge is 0.224 e. The largest absolute Gasteiger partial charge is 0.492 e. The van der Waals surface area contributed by atoms with Gasteiger partial charge < -0.3 is 10.1 Å². The molecule has 5 nitrogen and oxygen atoms in total. The molecule has 0 bridgehead atoms. The molecule has 6 heteroatoms. The Balaban J connectivity index is 2.02. The molecular formula is C12H15NO4S. The van der Waals surface area contributed by atoms with Crippen molar-refractivity contribution < 1.29 is 17.9 Å². The van der Waals surface area contributed by atoms with Gasteiger partial charge in [-0.3, -0.25) is 4.79 Å². The van der Waals surface area contributed by atoms with Crippen molar-refractivity contribution in [2.24, 2.45) is 0 Å². The van der Waals surface area contributed by atoms with Gasteiger partial charge in [-0.1, -0.05) is 6.07 Å². The van der Waals surface area contributed by atoms with Gasteiger partial charge in [0.2, 0.25) is 5.91 Å². The number of anilines is 1. The minimum atomic E-state index is -3.02. The van der Waals surface area contributed by atoms with E-state index in [1.165, 1.54) is 6.26 Å². The molecule has 0 saturated carbocycles. The van der Waals surface area contributed by atoms with Gasteiger partial charge in [0.1, 0.15) is 12.4 Å². The second kappa shape index (κ2) is 4.97. The number of benzene rings is 1. The van der Waals surface area contributed by atoms with Crippen molar-refractivity contribution >= 4 is 21.4 Å². The highest BCUT2D eigenvalue weighted by atomic mass is 32.2. The van der Waals surface area contributed by atoms with Gasteiger partial charge in [0.25, 0.3) is 0 Å². The maximum atomic E-state index is 11.3. The van der Waals surface area contributed by atoms with E-state index < -0.39 is 9.84 Å². The van der Waals surface area contributed by atoms with Crippen molar-refractivity contribution in [2.75, 3.05) is 23.9 Å². The van der Waals surface area contributed by atoms with E-state index in [1.54, 1.807) is 12.1 Å². The number of aryl methyl sites for hydroxylation is 1. The molecule has 0 atom stereocenters. The van der Waals surface area contributed by atoms with Crippen LogP contribution in [0.25, 0.3) is 0 Å². The summed E-state index contributed by atoms with van der Waals surface area (Å²) in [6, 6.07) is 5.41. The Labute approximate surface area is 106 Å². The fraction of sp³-hybridized carbons (Fsp3) is 0.417. The number of amides is 1. The van der Waals surface area contributed by atoms with Gasteiger partial charge in [-0.2, -0.15) is 0 Å². The Morgan fingerprint density at radius 2 is 2.11 bits per heavy atom. The summed E-state index contributed by atoms with van der Waals surface area (Å²) in [6.45, 7) is 0.117. The van der Waals surface area contributed by atoms with Crippen LogP contribution in [0.15, 0.2) is 18.2 Å². The summed E-state index contributed by atoms with van der Waals surface area (Å²) in [4.78, 5) is 11.3. The van der Waals surface area contributed by atoms with E-state index in [4.69, 9.17) is 4.74 Å². The predicted octanol–water partition coefficient (Wildman–Crippen LogP) is 0.995. The standard InChI is InChI=1S/C12H15NO4S/c1-18(15,16)7-6-17-10-4-2-9-3-5-12(14)13-11(9)8-10/h2,4,8H,3,5-7H2,1H3,(H,13,14). The van der Waals surface area contributed by atoms with E-state index >= 15 is 0 Å². The van der Waals surface area contributed by atoms with Crippen LogP contribution in [0.5, 0.6) is 5.75 Å². The number of fused-ring (bicyclic) bond motifs is 1. The zero-order valence-electron chi connectivity index (χ0n) is 10.1. The molecule has 1 N–H and O–H groups in total. The lowest BCUT2D eigenvalue weighted by Crippen LogP contribution is -2.19. The summed E-state index contributed by atoms with van der Waals surface area (Å²) in [5.41, 5.74) is 1.83.